The maximum Gasteiger partial charge on any atom is 0.0802 e. The van der Waals surface area contributed by atoms with E-state index < -0.39 is 0 Å². The van der Waals surface area contributed by atoms with E-state index in [2.05, 4.69) is 6.92 Å². The number of hydrogen-bond acceptors (Lipinski definition) is 2. The first kappa shape index (κ1) is 9.01. The van der Waals surface area contributed by atoms with Gasteiger partial charge in [-0.05, 0) is 18.8 Å². The average molecular weight is 158 g/mol. The Morgan fingerprint density at radius 3 is 3.00 bits per heavy atom. The lowest BCUT2D eigenvalue weighted by atomic mass is 9.92. The second kappa shape index (κ2) is 4.73. The zero-order valence-electron chi connectivity index (χ0n) is 7.25. The van der Waals surface area contributed by atoms with Crippen molar-refractivity contribution in [1.29, 1.82) is 0 Å². The van der Waals surface area contributed by atoms with Gasteiger partial charge in [-0.3, -0.25) is 0 Å². The molecule has 0 aliphatic carbocycles. The summed E-state index contributed by atoms with van der Waals surface area (Å²) in [6.45, 7) is 3.57. The molecular weight excluding hydrogens is 140 g/mol. The summed E-state index contributed by atoms with van der Waals surface area (Å²) in [5, 5.41) is 9.47. The van der Waals surface area contributed by atoms with Crippen LogP contribution < -0.4 is 0 Å². The van der Waals surface area contributed by atoms with E-state index in [9.17, 15) is 5.11 Å². The number of aliphatic hydroxyl groups is 1. The summed E-state index contributed by atoms with van der Waals surface area (Å²) < 4.78 is 5.14. The first-order valence-corrected chi connectivity index (χ1v) is 4.60. The minimum absolute atomic E-state index is 0.199. The maximum absolute atomic E-state index is 9.47. The van der Waals surface area contributed by atoms with E-state index in [4.69, 9.17) is 4.74 Å². The van der Waals surface area contributed by atoms with Gasteiger partial charge in [-0.25, -0.2) is 0 Å². The van der Waals surface area contributed by atoms with Crippen molar-refractivity contribution in [3.8, 4) is 0 Å². The molecule has 0 saturated carbocycles. The summed E-state index contributed by atoms with van der Waals surface area (Å²) in [7, 11) is 0. The Hall–Kier alpha value is -0.0800. The van der Waals surface area contributed by atoms with Crippen molar-refractivity contribution in [2.45, 2.75) is 38.7 Å². The van der Waals surface area contributed by atoms with Gasteiger partial charge < -0.3 is 9.84 Å². The Bertz CT molecular complexity index is 104. The van der Waals surface area contributed by atoms with Gasteiger partial charge >= 0.3 is 0 Å². The van der Waals surface area contributed by atoms with Crippen LogP contribution in [0.2, 0.25) is 0 Å². The van der Waals surface area contributed by atoms with Crippen molar-refractivity contribution in [1.82, 2.24) is 0 Å². The van der Waals surface area contributed by atoms with Gasteiger partial charge in [0.15, 0.2) is 0 Å². The first-order valence-electron chi connectivity index (χ1n) is 4.60. The topological polar surface area (TPSA) is 29.5 Å². The van der Waals surface area contributed by atoms with Crippen LogP contribution in [-0.4, -0.2) is 24.4 Å². The molecule has 0 aromatic carbocycles. The van der Waals surface area contributed by atoms with Crippen molar-refractivity contribution < 1.29 is 9.84 Å². The zero-order valence-corrected chi connectivity index (χ0v) is 7.25. The molecule has 66 valence electrons. The summed E-state index contributed by atoms with van der Waals surface area (Å²) >= 11 is 0. The number of aliphatic hydroxyl groups excluding tert-OH is 1. The third-order valence-electron chi connectivity index (χ3n) is 2.39. The van der Waals surface area contributed by atoms with Crippen molar-refractivity contribution in [2.75, 3.05) is 13.2 Å². The number of rotatable bonds is 3. The van der Waals surface area contributed by atoms with Crippen LogP contribution in [0.15, 0.2) is 0 Å². The Labute approximate surface area is 68.6 Å². The van der Waals surface area contributed by atoms with Gasteiger partial charge in [0, 0.05) is 6.61 Å². The fourth-order valence-electron chi connectivity index (χ4n) is 1.57. The normalized spacial score (nSPS) is 32.2. The Kier molecular flexibility index (Phi) is 3.87. The molecular formula is C9H18O2. The summed E-state index contributed by atoms with van der Waals surface area (Å²) in [6, 6.07) is 0. The molecule has 1 saturated heterocycles. The lowest BCUT2D eigenvalue weighted by molar-refractivity contribution is -0.0464. The van der Waals surface area contributed by atoms with Gasteiger partial charge in [0.25, 0.3) is 0 Å². The van der Waals surface area contributed by atoms with Crippen LogP contribution in [0.1, 0.15) is 32.6 Å². The standard InChI is InChI=1S/C9H18O2/c1-2-3-4-8-5-6-11-7-9(8)10/h8-10H,2-7H2,1H3/t8-,9-/m1/s1. The molecule has 1 fully saturated rings. The van der Waals surface area contributed by atoms with Gasteiger partial charge in [0.2, 0.25) is 0 Å². The van der Waals surface area contributed by atoms with E-state index >= 15 is 0 Å². The molecule has 0 spiro atoms. The molecule has 0 radical (unpaired) electrons. The quantitative estimate of drug-likeness (QED) is 0.675. The van der Waals surface area contributed by atoms with Crippen molar-refractivity contribution in [3.05, 3.63) is 0 Å². The van der Waals surface area contributed by atoms with E-state index in [1.165, 1.54) is 19.3 Å². The average Bonchev–Trinajstić information content (AvgIpc) is 2.03. The van der Waals surface area contributed by atoms with Crippen LogP contribution in [0, 0.1) is 5.92 Å². The Morgan fingerprint density at radius 1 is 1.55 bits per heavy atom. The van der Waals surface area contributed by atoms with E-state index in [0.717, 1.165) is 13.0 Å². The second-order valence-electron chi connectivity index (χ2n) is 3.33. The molecule has 0 aromatic rings. The molecule has 0 bridgehead atoms. The molecule has 11 heavy (non-hydrogen) atoms. The van der Waals surface area contributed by atoms with Crippen LogP contribution in [0.25, 0.3) is 0 Å². The van der Waals surface area contributed by atoms with E-state index in [1.807, 2.05) is 0 Å². The minimum atomic E-state index is -0.199. The summed E-state index contributed by atoms with van der Waals surface area (Å²) in [6.07, 6.45) is 4.48. The van der Waals surface area contributed by atoms with Gasteiger partial charge in [-0.2, -0.15) is 0 Å². The lowest BCUT2D eigenvalue weighted by Crippen LogP contribution is -2.32. The predicted octanol–water partition coefficient (Wildman–Crippen LogP) is 1.57. The van der Waals surface area contributed by atoms with Crippen molar-refractivity contribution in [2.24, 2.45) is 5.92 Å². The molecule has 2 atom stereocenters. The molecule has 2 nitrogen and oxygen atoms in total. The molecule has 1 N–H and O–H groups in total. The molecule has 0 unspecified atom stereocenters. The molecule has 1 heterocycles. The number of hydrogen-bond donors (Lipinski definition) is 1. The van der Waals surface area contributed by atoms with Crippen LogP contribution in [0.5, 0.6) is 0 Å². The fraction of sp³-hybridized carbons (Fsp3) is 1.00. The number of ether oxygens (including phenoxy) is 1. The van der Waals surface area contributed by atoms with Gasteiger partial charge in [0.05, 0.1) is 12.7 Å². The highest BCUT2D eigenvalue weighted by atomic mass is 16.5. The third-order valence-corrected chi connectivity index (χ3v) is 2.39. The van der Waals surface area contributed by atoms with Gasteiger partial charge in [0.1, 0.15) is 0 Å². The van der Waals surface area contributed by atoms with Crippen molar-refractivity contribution in [3.63, 3.8) is 0 Å². The summed E-state index contributed by atoms with van der Waals surface area (Å²) in [5.74, 6) is 0.503. The maximum atomic E-state index is 9.47. The summed E-state index contributed by atoms with van der Waals surface area (Å²) in [4.78, 5) is 0. The highest BCUT2D eigenvalue weighted by Gasteiger charge is 2.22. The predicted molar refractivity (Wildman–Crippen MR) is 44.5 cm³/mol. The highest BCUT2D eigenvalue weighted by Crippen LogP contribution is 2.21. The molecule has 2 heteroatoms. The monoisotopic (exact) mass is 158 g/mol. The number of unbranched alkanes of at least 4 members (excludes halogenated alkanes) is 1. The van der Waals surface area contributed by atoms with Crippen LogP contribution in [0.3, 0.4) is 0 Å². The Balaban J connectivity index is 2.18. The lowest BCUT2D eigenvalue weighted by Gasteiger charge is -2.27. The summed E-state index contributed by atoms with van der Waals surface area (Å²) in [5.41, 5.74) is 0. The van der Waals surface area contributed by atoms with Crippen LogP contribution in [-0.2, 0) is 4.74 Å². The zero-order chi connectivity index (χ0) is 8.10. The van der Waals surface area contributed by atoms with E-state index in [1.54, 1.807) is 0 Å². The van der Waals surface area contributed by atoms with Crippen LogP contribution >= 0.6 is 0 Å². The largest absolute Gasteiger partial charge is 0.390 e. The second-order valence-corrected chi connectivity index (χ2v) is 3.33. The minimum Gasteiger partial charge on any atom is -0.390 e. The van der Waals surface area contributed by atoms with Crippen LogP contribution in [0.4, 0.5) is 0 Å². The highest BCUT2D eigenvalue weighted by molar-refractivity contribution is 4.72. The van der Waals surface area contributed by atoms with Gasteiger partial charge in [-0.15, -0.1) is 0 Å². The fourth-order valence-corrected chi connectivity index (χ4v) is 1.57. The van der Waals surface area contributed by atoms with E-state index in [-0.39, 0.29) is 6.10 Å². The van der Waals surface area contributed by atoms with Crippen molar-refractivity contribution >= 4 is 0 Å². The molecule has 0 aromatic heterocycles. The Morgan fingerprint density at radius 2 is 2.36 bits per heavy atom. The molecule has 1 aliphatic rings. The van der Waals surface area contributed by atoms with Gasteiger partial charge in [-0.1, -0.05) is 19.8 Å². The molecule has 1 rings (SSSR count). The molecule has 1 aliphatic heterocycles. The molecule has 0 amide bonds. The first-order chi connectivity index (χ1) is 5.34. The third kappa shape index (κ3) is 2.80. The smallest absolute Gasteiger partial charge is 0.0802 e. The SMILES string of the molecule is CCCC[C@@H]1CCOC[C@H]1O. The van der Waals surface area contributed by atoms with E-state index in [0.29, 0.717) is 12.5 Å².